The lowest BCUT2D eigenvalue weighted by molar-refractivity contribution is -0.00548. The standard InChI is InChI=1S/C19H30N4O/c1-12-4-16(22-17-7-19(8-17)5-15(20)6-19)9-21-18(12)23-10-13(2)24-14(3)11-23/h4,9,13-15,17,22H,5-8,10-11,20H2,1-3H3/t13-,14-,15?,17?,19?/m0/s1. The van der Waals surface area contributed by atoms with Crippen LogP contribution in [0.3, 0.4) is 0 Å². The molecule has 0 bridgehead atoms. The number of anilines is 2. The molecule has 3 aliphatic rings. The molecule has 0 aromatic carbocycles. The van der Waals surface area contributed by atoms with Gasteiger partial charge >= 0.3 is 0 Å². The molecular weight excluding hydrogens is 300 g/mol. The number of aromatic nitrogens is 1. The second kappa shape index (κ2) is 5.88. The van der Waals surface area contributed by atoms with Gasteiger partial charge in [0.15, 0.2) is 0 Å². The predicted octanol–water partition coefficient (Wildman–Crippen LogP) is 2.69. The summed E-state index contributed by atoms with van der Waals surface area (Å²) >= 11 is 0. The Bertz CT molecular complexity index is 595. The molecule has 1 aromatic heterocycles. The average Bonchev–Trinajstić information content (AvgIpc) is 2.42. The molecular formula is C19H30N4O. The van der Waals surface area contributed by atoms with E-state index in [9.17, 15) is 0 Å². The number of hydrogen-bond acceptors (Lipinski definition) is 5. The van der Waals surface area contributed by atoms with E-state index in [4.69, 9.17) is 15.5 Å². The van der Waals surface area contributed by atoms with Crippen LogP contribution in [0.1, 0.15) is 45.1 Å². The van der Waals surface area contributed by atoms with E-state index in [1.54, 1.807) is 0 Å². The van der Waals surface area contributed by atoms with Gasteiger partial charge in [-0.05, 0) is 63.5 Å². The molecule has 5 heteroatoms. The Balaban J connectivity index is 1.38. The Kier molecular flexibility index (Phi) is 3.96. The van der Waals surface area contributed by atoms with Crippen molar-refractivity contribution in [2.45, 2.75) is 70.7 Å². The maximum Gasteiger partial charge on any atom is 0.131 e. The molecule has 0 amide bonds. The van der Waals surface area contributed by atoms with Gasteiger partial charge in [0.05, 0.1) is 24.1 Å². The van der Waals surface area contributed by atoms with Crippen LogP contribution in [0.4, 0.5) is 11.5 Å². The van der Waals surface area contributed by atoms with Crippen molar-refractivity contribution in [3.8, 4) is 0 Å². The first kappa shape index (κ1) is 16.2. The van der Waals surface area contributed by atoms with E-state index < -0.39 is 0 Å². The highest BCUT2D eigenvalue weighted by atomic mass is 16.5. The van der Waals surface area contributed by atoms with E-state index in [0.29, 0.717) is 17.5 Å². The van der Waals surface area contributed by atoms with Gasteiger partial charge in [-0.25, -0.2) is 4.98 Å². The number of morpholine rings is 1. The summed E-state index contributed by atoms with van der Waals surface area (Å²) < 4.78 is 5.83. The minimum Gasteiger partial charge on any atom is -0.381 e. The van der Waals surface area contributed by atoms with Crippen molar-refractivity contribution < 1.29 is 4.74 Å². The van der Waals surface area contributed by atoms with Gasteiger partial charge < -0.3 is 20.7 Å². The van der Waals surface area contributed by atoms with Crippen molar-refractivity contribution in [1.82, 2.24) is 4.98 Å². The molecule has 2 atom stereocenters. The van der Waals surface area contributed by atoms with E-state index in [-0.39, 0.29) is 12.2 Å². The molecule has 2 heterocycles. The van der Waals surface area contributed by atoms with Crippen molar-refractivity contribution >= 4 is 11.5 Å². The fraction of sp³-hybridized carbons (Fsp3) is 0.737. The summed E-state index contributed by atoms with van der Waals surface area (Å²) in [4.78, 5) is 7.11. The molecule has 2 saturated carbocycles. The Morgan fingerprint density at radius 1 is 1.21 bits per heavy atom. The van der Waals surface area contributed by atoms with Crippen molar-refractivity contribution in [1.29, 1.82) is 0 Å². The lowest BCUT2D eigenvalue weighted by Gasteiger charge is -2.57. The predicted molar refractivity (Wildman–Crippen MR) is 97.5 cm³/mol. The zero-order chi connectivity index (χ0) is 16.9. The Morgan fingerprint density at radius 2 is 1.88 bits per heavy atom. The topological polar surface area (TPSA) is 63.4 Å². The third-order valence-electron chi connectivity index (χ3n) is 5.89. The Morgan fingerprint density at radius 3 is 2.46 bits per heavy atom. The molecule has 0 radical (unpaired) electrons. The molecule has 3 fully saturated rings. The number of aryl methyl sites for hydroxylation is 1. The van der Waals surface area contributed by atoms with Gasteiger partial charge in [0, 0.05) is 25.2 Å². The van der Waals surface area contributed by atoms with Crippen LogP contribution >= 0.6 is 0 Å². The van der Waals surface area contributed by atoms with Crippen LogP contribution in [0, 0.1) is 12.3 Å². The first-order chi connectivity index (χ1) is 11.4. The molecule has 132 valence electrons. The number of hydrogen-bond donors (Lipinski definition) is 2. The van der Waals surface area contributed by atoms with Gasteiger partial charge in [0.1, 0.15) is 5.82 Å². The normalized spacial score (nSPS) is 38.6. The summed E-state index contributed by atoms with van der Waals surface area (Å²) in [6, 6.07) is 3.28. The quantitative estimate of drug-likeness (QED) is 0.892. The minimum absolute atomic E-state index is 0.257. The van der Waals surface area contributed by atoms with E-state index >= 15 is 0 Å². The monoisotopic (exact) mass is 330 g/mol. The van der Waals surface area contributed by atoms with Gasteiger partial charge in [0.25, 0.3) is 0 Å². The van der Waals surface area contributed by atoms with E-state index in [1.807, 2.05) is 6.20 Å². The van der Waals surface area contributed by atoms with Gasteiger partial charge in [-0.15, -0.1) is 0 Å². The van der Waals surface area contributed by atoms with Gasteiger partial charge in [-0.2, -0.15) is 0 Å². The average molecular weight is 330 g/mol. The number of ether oxygens (including phenoxy) is 1. The van der Waals surface area contributed by atoms with Crippen LogP contribution < -0.4 is 16.0 Å². The third-order valence-corrected chi connectivity index (χ3v) is 5.89. The number of nitrogens with one attached hydrogen (secondary N) is 1. The van der Waals surface area contributed by atoms with Crippen LogP contribution in [0.2, 0.25) is 0 Å². The summed E-state index contributed by atoms with van der Waals surface area (Å²) in [7, 11) is 0. The van der Waals surface area contributed by atoms with Crippen molar-refractivity contribution in [3.63, 3.8) is 0 Å². The largest absolute Gasteiger partial charge is 0.381 e. The SMILES string of the molecule is Cc1cc(NC2CC3(CC(N)C3)C2)cnc1N1C[C@H](C)O[C@@H](C)C1. The highest BCUT2D eigenvalue weighted by molar-refractivity contribution is 5.55. The number of rotatable bonds is 3. The third kappa shape index (κ3) is 3.00. The summed E-state index contributed by atoms with van der Waals surface area (Å²) in [5.74, 6) is 1.09. The summed E-state index contributed by atoms with van der Waals surface area (Å²) in [5, 5.41) is 3.66. The van der Waals surface area contributed by atoms with E-state index in [0.717, 1.165) is 24.6 Å². The maximum absolute atomic E-state index is 5.94. The summed E-state index contributed by atoms with van der Waals surface area (Å²) in [6.07, 6.45) is 7.47. The van der Waals surface area contributed by atoms with Crippen LogP contribution in [0.15, 0.2) is 12.3 Å². The van der Waals surface area contributed by atoms with Crippen molar-refractivity contribution in [3.05, 3.63) is 17.8 Å². The zero-order valence-corrected chi connectivity index (χ0v) is 15.1. The molecule has 5 nitrogen and oxygen atoms in total. The molecule has 1 spiro atoms. The molecule has 1 aliphatic heterocycles. The Hall–Kier alpha value is -1.33. The molecule has 3 N–H and O–H groups in total. The van der Waals surface area contributed by atoms with Crippen molar-refractivity contribution in [2.24, 2.45) is 11.1 Å². The number of pyridine rings is 1. The lowest BCUT2D eigenvalue weighted by Crippen LogP contribution is -2.57. The molecule has 0 unspecified atom stereocenters. The second-order valence-corrected chi connectivity index (χ2v) is 8.44. The smallest absolute Gasteiger partial charge is 0.131 e. The van der Waals surface area contributed by atoms with Crippen LogP contribution in [0.25, 0.3) is 0 Å². The molecule has 4 rings (SSSR count). The molecule has 1 saturated heterocycles. The molecule has 1 aromatic rings. The van der Waals surface area contributed by atoms with Crippen molar-refractivity contribution in [2.75, 3.05) is 23.3 Å². The van der Waals surface area contributed by atoms with Crippen LogP contribution in [0.5, 0.6) is 0 Å². The van der Waals surface area contributed by atoms with Crippen LogP contribution in [-0.2, 0) is 4.74 Å². The molecule has 24 heavy (non-hydrogen) atoms. The first-order valence-corrected chi connectivity index (χ1v) is 9.32. The fourth-order valence-electron chi connectivity index (χ4n) is 5.04. The lowest BCUT2D eigenvalue weighted by atomic mass is 9.52. The minimum atomic E-state index is 0.257. The Labute approximate surface area is 145 Å². The summed E-state index contributed by atoms with van der Waals surface area (Å²) in [6.45, 7) is 8.25. The van der Waals surface area contributed by atoms with Gasteiger partial charge in [-0.1, -0.05) is 0 Å². The fourth-order valence-corrected chi connectivity index (χ4v) is 5.04. The highest BCUT2D eigenvalue weighted by Gasteiger charge is 2.51. The summed E-state index contributed by atoms with van der Waals surface area (Å²) in [5.41, 5.74) is 8.90. The van der Waals surface area contributed by atoms with E-state index in [1.165, 1.54) is 31.2 Å². The van der Waals surface area contributed by atoms with Gasteiger partial charge in [-0.3, -0.25) is 0 Å². The maximum atomic E-state index is 5.94. The van der Waals surface area contributed by atoms with E-state index in [2.05, 4.69) is 37.1 Å². The number of nitrogens with two attached hydrogens (primary N) is 1. The van der Waals surface area contributed by atoms with Gasteiger partial charge in [0.2, 0.25) is 0 Å². The zero-order valence-electron chi connectivity index (χ0n) is 15.1. The van der Waals surface area contributed by atoms with Crippen LogP contribution in [-0.4, -0.2) is 42.4 Å². The first-order valence-electron chi connectivity index (χ1n) is 9.32. The highest BCUT2D eigenvalue weighted by Crippen LogP contribution is 2.55. The molecule has 2 aliphatic carbocycles. The number of nitrogens with zero attached hydrogens (tertiary/aromatic N) is 2. The second-order valence-electron chi connectivity index (χ2n) is 8.44.